The molecule has 0 amide bonds. The van der Waals surface area contributed by atoms with Crippen LogP contribution in [0.3, 0.4) is 0 Å². The summed E-state index contributed by atoms with van der Waals surface area (Å²) in [5.74, 6) is -0.963. The first-order valence-corrected chi connectivity index (χ1v) is 21.0. The number of carboxylic acids is 1. The predicted octanol–water partition coefficient (Wildman–Crippen LogP) is 10.3. The fourth-order valence-electron chi connectivity index (χ4n) is 10.1. The fourth-order valence-corrected chi connectivity index (χ4v) is 10.1. The molecule has 0 radical (unpaired) electrons. The van der Waals surface area contributed by atoms with E-state index in [0.29, 0.717) is 6.42 Å². The molecule has 0 saturated heterocycles. The molecule has 276 valence electrons. The number of unbranched alkanes of at least 4 members (excludes halogenated alkanes) is 10. The minimum atomic E-state index is -0.963. The molecule has 6 rings (SSSR count). The predicted molar refractivity (Wildman–Crippen MR) is 219 cm³/mol. The number of fused-ring (bicyclic) bond motifs is 6. The van der Waals surface area contributed by atoms with E-state index in [2.05, 4.69) is 107 Å². The van der Waals surface area contributed by atoms with Crippen LogP contribution in [0.2, 0.25) is 0 Å². The van der Waals surface area contributed by atoms with Crippen LogP contribution >= 0.6 is 0 Å². The second kappa shape index (κ2) is 18.8. The minimum Gasteiger partial charge on any atom is -0.550 e. The zero-order valence-corrected chi connectivity index (χ0v) is 36.0. The zero-order valence-electron chi connectivity index (χ0n) is 34.0. The molecule has 2 nitrogen and oxygen atoms in total. The maximum atomic E-state index is 11.9. The molecule has 2 aliphatic carbocycles. The van der Waals surface area contributed by atoms with Gasteiger partial charge in [-0.3, -0.25) is 0 Å². The third kappa shape index (κ3) is 8.61. The van der Waals surface area contributed by atoms with Gasteiger partial charge in [0.15, 0.2) is 0 Å². The van der Waals surface area contributed by atoms with Crippen LogP contribution in [0.25, 0.3) is 33.4 Å². The van der Waals surface area contributed by atoms with Gasteiger partial charge in [0, 0.05) is 16.8 Å². The van der Waals surface area contributed by atoms with Crippen LogP contribution in [-0.2, 0) is 15.6 Å². The Kier molecular flexibility index (Phi) is 14.7. The van der Waals surface area contributed by atoms with Crippen molar-refractivity contribution in [2.75, 3.05) is 0 Å². The Labute approximate surface area is 343 Å². The van der Waals surface area contributed by atoms with Gasteiger partial charge in [-0.05, 0) is 114 Å². The average molecular weight is 719 g/mol. The SMILES string of the molecule is CCCCCCCCC1(CCCCCCCC)c2cc(C)ccc2-c2ccc(-c3ccc4c(c3)C(CCC)(CCC(=O)[O-])c3cc(C)ccc3-4)cc21.[Na+]. The molecule has 1 unspecified atom stereocenters. The van der Waals surface area contributed by atoms with Crippen molar-refractivity contribution in [1.82, 2.24) is 0 Å². The largest absolute Gasteiger partial charge is 1.00 e. The van der Waals surface area contributed by atoms with Crippen molar-refractivity contribution in [2.45, 2.75) is 161 Å². The number of hydrogen-bond donors (Lipinski definition) is 0. The summed E-state index contributed by atoms with van der Waals surface area (Å²) in [5, 5.41) is 11.9. The molecule has 4 aromatic carbocycles. The molecule has 1 atom stereocenters. The van der Waals surface area contributed by atoms with E-state index in [1.165, 1.54) is 151 Å². The molecule has 0 N–H and O–H groups in total. The van der Waals surface area contributed by atoms with Gasteiger partial charge in [0.1, 0.15) is 0 Å². The summed E-state index contributed by atoms with van der Waals surface area (Å²) < 4.78 is 0. The third-order valence-electron chi connectivity index (χ3n) is 12.7. The minimum absolute atomic E-state index is 0. The van der Waals surface area contributed by atoms with Gasteiger partial charge in [-0.1, -0.05) is 176 Å². The molecule has 0 spiro atoms. The fraction of sp³-hybridized carbons (Fsp3) is 0.500. The number of carboxylic acid groups (broad SMARTS) is 1. The topological polar surface area (TPSA) is 40.1 Å². The molecule has 53 heavy (non-hydrogen) atoms. The van der Waals surface area contributed by atoms with E-state index in [4.69, 9.17) is 0 Å². The first-order valence-electron chi connectivity index (χ1n) is 21.0. The van der Waals surface area contributed by atoms with Crippen molar-refractivity contribution >= 4 is 5.97 Å². The third-order valence-corrected chi connectivity index (χ3v) is 12.7. The number of benzene rings is 4. The van der Waals surface area contributed by atoms with E-state index in [1.807, 2.05) is 0 Å². The van der Waals surface area contributed by atoms with Crippen LogP contribution in [-0.4, -0.2) is 5.97 Å². The summed E-state index contributed by atoms with van der Waals surface area (Å²) in [7, 11) is 0. The van der Waals surface area contributed by atoms with E-state index in [1.54, 1.807) is 5.56 Å². The van der Waals surface area contributed by atoms with Gasteiger partial charge in [-0.2, -0.15) is 0 Å². The molecule has 3 heteroatoms. The first kappa shape index (κ1) is 41.5. The van der Waals surface area contributed by atoms with Crippen molar-refractivity contribution < 1.29 is 39.5 Å². The number of carbonyl (C=O) groups is 1. The molecular formula is C50H63NaO2. The summed E-state index contributed by atoms with van der Waals surface area (Å²) in [6.45, 7) is 11.3. The van der Waals surface area contributed by atoms with E-state index in [0.717, 1.165) is 12.8 Å². The van der Waals surface area contributed by atoms with E-state index in [9.17, 15) is 9.90 Å². The second-order valence-corrected chi connectivity index (χ2v) is 16.4. The van der Waals surface area contributed by atoms with Crippen LogP contribution in [0, 0.1) is 13.8 Å². The number of rotatable bonds is 20. The standard InChI is InChI=1S/C50H64O2.Na/c1-6-9-11-13-15-17-29-50(30-18-16-14-12-10-7-2)45-33-37(5)20-24-41(45)43-26-22-39(35-47(43)50)38-21-25-42-40-23-19-36(4)32-44(40)49(28-8-3,46(42)34-38)31-27-48(51)52;/h19-26,32-35H,6-18,27-31H2,1-5H3,(H,51,52);/q;+1/p-1. The van der Waals surface area contributed by atoms with Gasteiger partial charge in [0.2, 0.25) is 0 Å². The van der Waals surface area contributed by atoms with Crippen LogP contribution in [0.15, 0.2) is 72.8 Å². The summed E-state index contributed by atoms with van der Waals surface area (Å²) in [6.07, 6.45) is 20.7. The molecule has 0 heterocycles. The van der Waals surface area contributed by atoms with E-state index >= 15 is 0 Å². The Hall–Kier alpha value is -2.65. The Balaban J connectivity index is 0.00000541. The van der Waals surface area contributed by atoms with Crippen molar-refractivity contribution in [3.63, 3.8) is 0 Å². The summed E-state index contributed by atoms with van der Waals surface area (Å²) in [6, 6.07) is 28.4. The van der Waals surface area contributed by atoms with Gasteiger partial charge in [-0.25, -0.2) is 0 Å². The Morgan fingerprint density at radius 2 is 0.849 bits per heavy atom. The Morgan fingerprint density at radius 1 is 0.472 bits per heavy atom. The number of carbonyl (C=O) groups excluding carboxylic acids is 1. The first-order chi connectivity index (χ1) is 25.3. The number of aliphatic carboxylic acids is 1. The molecule has 0 aromatic heterocycles. The molecule has 2 aliphatic rings. The summed E-state index contributed by atoms with van der Waals surface area (Å²) >= 11 is 0. The Bertz CT molecular complexity index is 1840. The smallest absolute Gasteiger partial charge is 0.550 e. The van der Waals surface area contributed by atoms with Crippen LogP contribution in [0.5, 0.6) is 0 Å². The van der Waals surface area contributed by atoms with Gasteiger partial charge in [-0.15, -0.1) is 0 Å². The molecule has 0 saturated carbocycles. The number of aryl methyl sites for hydroxylation is 2. The molecule has 0 bridgehead atoms. The van der Waals surface area contributed by atoms with Crippen molar-refractivity contribution in [2.24, 2.45) is 0 Å². The maximum absolute atomic E-state index is 11.9. The Morgan fingerprint density at radius 3 is 1.26 bits per heavy atom. The van der Waals surface area contributed by atoms with Gasteiger partial charge < -0.3 is 9.90 Å². The summed E-state index contributed by atoms with van der Waals surface area (Å²) in [5.41, 5.74) is 15.9. The van der Waals surface area contributed by atoms with Crippen molar-refractivity contribution in [1.29, 1.82) is 0 Å². The molecule has 4 aromatic rings. The molecule has 0 fully saturated rings. The molecular weight excluding hydrogens is 656 g/mol. The molecule has 0 aliphatic heterocycles. The van der Waals surface area contributed by atoms with Gasteiger partial charge >= 0.3 is 29.6 Å². The quantitative estimate of drug-likeness (QED) is 0.0674. The van der Waals surface area contributed by atoms with E-state index < -0.39 is 5.97 Å². The van der Waals surface area contributed by atoms with Crippen LogP contribution in [0.4, 0.5) is 0 Å². The summed E-state index contributed by atoms with van der Waals surface area (Å²) in [4.78, 5) is 11.9. The van der Waals surface area contributed by atoms with Gasteiger partial charge in [0.05, 0.1) is 0 Å². The van der Waals surface area contributed by atoms with E-state index in [-0.39, 0.29) is 46.8 Å². The zero-order chi connectivity index (χ0) is 36.7. The van der Waals surface area contributed by atoms with Crippen LogP contribution < -0.4 is 34.7 Å². The van der Waals surface area contributed by atoms with Gasteiger partial charge in [0.25, 0.3) is 0 Å². The van der Waals surface area contributed by atoms with Crippen molar-refractivity contribution in [3.8, 4) is 33.4 Å². The van der Waals surface area contributed by atoms with Crippen LogP contribution in [0.1, 0.15) is 170 Å². The monoisotopic (exact) mass is 718 g/mol. The average Bonchev–Trinajstić information content (AvgIpc) is 3.55. The second-order valence-electron chi connectivity index (χ2n) is 16.4. The number of hydrogen-bond acceptors (Lipinski definition) is 2. The van der Waals surface area contributed by atoms with Crippen molar-refractivity contribution in [3.05, 3.63) is 106 Å². The maximum Gasteiger partial charge on any atom is 1.00 e. The normalized spacial score (nSPS) is 16.1.